The van der Waals surface area contributed by atoms with Crippen LogP contribution in [0.2, 0.25) is 10.0 Å². The number of carbonyl (C=O) groups is 1. The van der Waals surface area contributed by atoms with E-state index in [2.05, 4.69) is 5.32 Å². The van der Waals surface area contributed by atoms with Crippen LogP contribution in [0.4, 0.5) is 11.4 Å². The molecule has 1 N–H and O–H groups in total. The maximum Gasteiger partial charge on any atom is 0.269 e. The lowest BCUT2D eigenvalue weighted by Crippen LogP contribution is -2.27. The Balaban J connectivity index is 1.82. The summed E-state index contributed by atoms with van der Waals surface area (Å²) in [5, 5.41) is 14.4. The summed E-state index contributed by atoms with van der Waals surface area (Å²) in [7, 11) is 0. The van der Waals surface area contributed by atoms with E-state index in [0.717, 1.165) is 5.56 Å². The van der Waals surface area contributed by atoms with E-state index >= 15 is 0 Å². The van der Waals surface area contributed by atoms with Crippen molar-refractivity contribution in [3.8, 4) is 0 Å². The third kappa shape index (κ3) is 3.16. The molecule has 0 spiro atoms. The largest absolute Gasteiger partial charge is 0.325 e. The Morgan fingerprint density at radius 1 is 1.09 bits per heavy atom. The lowest BCUT2D eigenvalue weighted by Gasteiger charge is -2.16. The van der Waals surface area contributed by atoms with Crippen LogP contribution in [0, 0.1) is 10.1 Å². The maximum absolute atomic E-state index is 12.6. The molecule has 0 atom stereocenters. The molecule has 2 aromatic rings. The van der Waals surface area contributed by atoms with Crippen molar-refractivity contribution in [3.63, 3.8) is 0 Å². The normalized spacial score (nSPS) is 15.0. The third-order valence-corrected chi connectivity index (χ3v) is 4.37. The van der Waals surface area contributed by atoms with Crippen molar-refractivity contribution in [2.75, 3.05) is 5.32 Å². The monoisotopic (exact) mass is 350 g/mol. The van der Waals surface area contributed by atoms with E-state index in [0.29, 0.717) is 28.6 Å². The van der Waals surface area contributed by atoms with Gasteiger partial charge in [0.1, 0.15) is 0 Å². The van der Waals surface area contributed by atoms with Crippen LogP contribution >= 0.6 is 23.2 Å². The fourth-order valence-electron chi connectivity index (χ4n) is 2.55. The maximum atomic E-state index is 12.6. The Labute approximate surface area is 142 Å². The summed E-state index contributed by atoms with van der Waals surface area (Å²) in [6, 6.07) is 10.9. The lowest BCUT2D eigenvalue weighted by atomic mass is 9.94. The van der Waals surface area contributed by atoms with Crippen LogP contribution in [-0.4, -0.2) is 10.8 Å². The first-order valence-electron chi connectivity index (χ1n) is 6.93. The first kappa shape index (κ1) is 15.8. The summed E-state index contributed by atoms with van der Waals surface area (Å²) in [6.07, 6.45) is 1.40. The summed E-state index contributed by atoms with van der Waals surface area (Å²) in [5.41, 5.74) is 0.671. The van der Waals surface area contributed by atoms with E-state index in [9.17, 15) is 14.9 Å². The fraction of sp³-hybridized carbons (Fsp3) is 0.188. The second kappa shape index (κ2) is 5.83. The molecule has 0 radical (unpaired) electrons. The predicted molar refractivity (Wildman–Crippen MR) is 89.1 cm³/mol. The van der Waals surface area contributed by atoms with Crippen molar-refractivity contribution in [3.05, 3.63) is 68.2 Å². The second-order valence-electron chi connectivity index (χ2n) is 5.50. The van der Waals surface area contributed by atoms with Crippen molar-refractivity contribution in [2.24, 2.45) is 0 Å². The molecule has 0 aromatic heterocycles. The number of nitro groups is 1. The number of nitro benzene ring substituents is 1. The van der Waals surface area contributed by atoms with E-state index in [4.69, 9.17) is 23.2 Å². The molecule has 5 nitrogen and oxygen atoms in total. The number of rotatable bonds is 4. The molecule has 1 aliphatic carbocycles. The zero-order valence-corrected chi connectivity index (χ0v) is 13.4. The third-order valence-electron chi connectivity index (χ3n) is 3.94. The van der Waals surface area contributed by atoms with Gasteiger partial charge in [0, 0.05) is 27.9 Å². The van der Waals surface area contributed by atoms with Crippen LogP contribution in [0.3, 0.4) is 0 Å². The molecule has 0 aliphatic heterocycles. The summed E-state index contributed by atoms with van der Waals surface area (Å²) in [5.74, 6) is -0.162. The molecule has 1 fully saturated rings. The van der Waals surface area contributed by atoms with Crippen molar-refractivity contribution < 1.29 is 9.72 Å². The van der Waals surface area contributed by atoms with Crippen LogP contribution in [0.1, 0.15) is 18.4 Å². The summed E-state index contributed by atoms with van der Waals surface area (Å²) >= 11 is 11.9. The molecular formula is C16H12Cl2N2O3. The quantitative estimate of drug-likeness (QED) is 0.648. The van der Waals surface area contributed by atoms with E-state index in [1.165, 1.54) is 12.1 Å². The number of nitrogens with zero attached hydrogens (tertiary/aromatic N) is 1. The minimum absolute atomic E-state index is 0.00609. The molecule has 2 aromatic carbocycles. The number of anilines is 1. The Hall–Kier alpha value is -2.11. The van der Waals surface area contributed by atoms with E-state index in [-0.39, 0.29) is 11.6 Å². The van der Waals surface area contributed by atoms with Crippen LogP contribution in [0.25, 0.3) is 0 Å². The van der Waals surface area contributed by atoms with Crippen LogP contribution in [0.5, 0.6) is 0 Å². The topological polar surface area (TPSA) is 72.2 Å². The van der Waals surface area contributed by atoms with Crippen molar-refractivity contribution in [1.29, 1.82) is 0 Å². The van der Waals surface area contributed by atoms with Crippen LogP contribution < -0.4 is 5.32 Å². The van der Waals surface area contributed by atoms with Crippen LogP contribution in [0.15, 0.2) is 42.5 Å². The highest BCUT2D eigenvalue weighted by Crippen LogP contribution is 2.49. The molecule has 1 aliphatic rings. The van der Waals surface area contributed by atoms with E-state index in [1.54, 1.807) is 30.3 Å². The number of benzene rings is 2. The van der Waals surface area contributed by atoms with Crippen molar-refractivity contribution in [1.82, 2.24) is 0 Å². The lowest BCUT2D eigenvalue weighted by molar-refractivity contribution is -0.384. The molecule has 118 valence electrons. The molecule has 1 amide bonds. The highest BCUT2D eigenvalue weighted by Gasteiger charge is 2.51. The number of amides is 1. The van der Waals surface area contributed by atoms with Gasteiger partial charge in [-0.2, -0.15) is 0 Å². The van der Waals surface area contributed by atoms with Gasteiger partial charge in [0.25, 0.3) is 5.69 Å². The average Bonchev–Trinajstić information content (AvgIpc) is 3.28. The van der Waals surface area contributed by atoms with Gasteiger partial charge in [-0.25, -0.2) is 0 Å². The summed E-state index contributed by atoms with van der Waals surface area (Å²) < 4.78 is 0. The highest BCUT2D eigenvalue weighted by molar-refractivity contribution is 6.35. The predicted octanol–water partition coefficient (Wildman–Crippen LogP) is 4.57. The zero-order valence-electron chi connectivity index (χ0n) is 11.9. The molecule has 7 heteroatoms. The van der Waals surface area contributed by atoms with E-state index < -0.39 is 10.3 Å². The fourth-order valence-corrected chi connectivity index (χ4v) is 3.08. The number of nitrogens with one attached hydrogen (secondary N) is 1. The van der Waals surface area contributed by atoms with Gasteiger partial charge in [-0.1, -0.05) is 35.3 Å². The van der Waals surface area contributed by atoms with Gasteiger partial charge in [0.2, 0.25) is 5.91 Å². The molecular weight excluding hydrogens is 339 g/mol. The molecule has 23 heavy (non-hydrogen) atoms. The smallest absolute Gasteiger partial charge is 0.269 e. The molecule has 0 bridgehead atoms. The number of carbonyl (C=O) groups excluding carboxylic acids is 1. The van der Waals surface area contributed by atoms with Crippen molar-refractivity contribution >= 4 is 40.5 Å². The van der Waals surface area contributed by atoms with Crippen LogP contribution in [-0.2, 0) is 10.2 Å². The number of halogens is 2. The molecule has 0 unspecified atom stereocenters. The first-order valence-corrected chi connectivity index (χ1v) is 7.69. The van der Waals surface area contributed by atoms with Gasteiger partial charge in [-0.3, -0.25) is 14.9 Å². The Bertz CT molecular complexity index is 766. The van der Waals surface area contributed by atoms with Gasteiger partial charge >= 0.3 is 0 Å². The molecule has 0 saturated heterocycles. The highest BCUT2D eigenvalue weighted by atomic mass is 35.5. The minimum atomic E-state index is -0.635. The average molecular weight is 351 g/mol. The Morgan fingerprint density at radius 3 is 2.13 bits per heavy atom. The SMILES string of the molecule is O=C(Nc1cc(Cl)cc(Cl)c1)C1(c2ccc([N+](=O)[O-])cc2)CC1. The Kier molecular flexibility index (Phi) is 4.00. The molecule has 0 heterocycles. The second-order valence-corrected chi connectivity index (χ2v) is 6.37. The van der Waals surface area contributed by atoms with Gasteiger partial charge < -0.3 is 5.32 Å². The number of non-ortho nitro benzene ring substituents is 1. The Morgan fingerprint density at radius 2 is 1.65 bits per heavy atom. The number of hydrogen-bond acceptors (Lipinski definition) is 3. The van der Waals surface area contributed by atoms with Crippen molar-refractivity contribution in [2.45, 2.75) is 18.3 Å². The minimum Gasteiger partial charge on any atom is -0.325 e. The van der Waals surface area contributed by atoms with E-state index in [1.807, 2.05) is 0 Å². The zero-order chi connectivity index (χ0) is 16.6. The number of hydrogen-bond donors (Lipinski definition) is 1. The van der Waals surface area contributed by atoms with Gasteiger partial charge in [-0.05, 0) is 36.6 Å². The van der Waals surface area contributed by atoms with Gasteiger partial charge in [0.05, 0.1) is 10.3 Å². The summed E-state index contributed by atoms with van der Waals surface area (Å²) in [6.45, 7) is 0. The first-order chi connectivity index (χ1) is 10.9. The molecule has 3 rings (SSSR count). The summed E-state index contributed by atoms with van der Waals surface area (Å²) in [4.78, 5) is 22.9. The molecule has 1 saturated carbocycles. The van der Waals surface area contributed by atoms with Gasteiger partial charge in [0.15, 0.2) is 0 Å². The standard InChI is InChI=1S/C16H12Cl2N2O3/c17-11-7-12(18)9-13(8-11)19-15(21)16(5-6-16)10-1-3-14(4-2-10)20(22)23/h1-4,7-9H,5-6H2,(H,19,21). The van der Waals surface area contributed by atoms with Gasteiger partial charge in [-0.15, -0.1) is 0 Å².